The number of hydrogen-bond donors (Lipinski definition) is 4. The van der Waals surface area contributed by atoms with Crippen LogP contribution in [0.3, 0.4) is 0 Å². The first-order valence-electron chi connectivity index (χ1n) is 22.3. The SMILES string of the molecule is Cc1c(C(=O)C[C@@H](CCN)C(=O)N(C)[C@@H]2C(=O)C[C@@H](C)C(=O)N[C@H](C(=O)CCC#N)Cc3ccc(OCCN)c(c3)-c3cc2ccc3OCCN)cnn(-c2ccc(C(C)(C)C)cc2)c1=O.S. The number of ether oxygens (including phenoxy) is 2. The van der Waals surface area contributed by atoms with Crippen LogP contribution in [0.1, 0.15) is 98.5 Å². The lowest BCUT2D eigenvalue weighted by atomic mass is 9.87. The molecule has 7 N–H and O–H groups in total. The van der Waals surface area contributed by atoms with Gasteiger partial charge in [-0.3, -0.25) is 28.8 Å². The maximum absolute atomic E-state index is 14.8. The fourth-order valence-electron chi connectivity index (χ4n) is 8.08. The second kappa shape index (κ2) is 24.0. The largest absolute Gasteiger partial charge is 0.492 e. The predicted molar refractivity (Wildman–Crippen MR) is 261 cm³/mol. The van der Waals surface area contributed by atoms with Gasteiger partial charge in [0.25, 0.3) is 5.56 Å². The van der Waals surface area contributed by atoms with Gasteiger partial charge in [-0.05, 0) is 84.8 Å². The van der Waals surface area contributed by atoms with Gasteiger partial charge < -0.3 is 36.9 Å². The van der Waals surface area contributed by atoms with Crippen LogP contribution in [0.15, 0.2) is 71.7 Å². The Bertz CT molecular complexity index is 2530. The first-order valence-corrected chi connectivity index (χ1v) is 22.3. The fourth-order valence-corrected chi connectivity index (χ4v) is 8.08. The number of hydrogen-bond acceptors (Lipinski definition) is 13. The van der Waals surface area contributed by atoms with Crippen LogP contribution in [0.5, 0.6) is 11.5 Å². The molecule has 1 aliphatic rings. The number of Topliss-reactive ketones (excluding diaryl/α,β-unsaturated/α-hetero) is 3. The number of benzene rings is 3. The van der Waals surface area contributed by atoms with Crippen molar-refractivity contribution >= 4 is 42.7 Å². The topological polar surface area (TPSA) is 256 Å². The molecule has 0 unspecified atom stereocenters. The summed E-state index contributed by atoms with van der Waals surface area (Å²) >= 11 is 0. The van der Waals surface area contributed by atoms with E-state index in [1.807, 2.05) is 18.2 Å². The van der Waals surface area contributed by atoms with Crippen molar-refractivity contribution in [3.8, 4) is 34.4 Å². The molecule has 0 aliphatic carbocycles. The Labute approximate surface area is 399 Å². The minimum atomic E-state index is -1.28. The number of amides is 2. The summed E-state index contributed by atoms with van der Waals surface area (Å²) in [4.78, 5) is 85.7. The molecular formula is C50H64N8O8S. The van der Waals surface area contributed by atoms with Gasteiger partial charge in [0.15, 0.2) is 17.3 Å². The van der Waals surface area contributed by atoms with Crippen molar-refractivity contribution in [2.24, 2.45) is 29.0 Å². The van der Waals surface area contributed by atoms with Gasteiger partial charge in [0.2, 0.25) is 11.8 Å². The molecule has 0 fully saturated rings. The molecule has 2 amide bonds. The lowest BCUT2D eigenvalue weighted by molar-refractivity contribution is -0.142. The van der Waals surface area contributed by atoms with E-state index >= 15 is 0 Å². The number of nitrogens with two attached hydrogens (primary N) is 3. The van der Waals surface area contributed by atoms with Crippen molar-refractivity contribution in [3.05, 3.63) is 105 Å². The van der Waals surface area contributed by atoms with Gasteiger partial charge >= 0.3 is 0 Å². The molecule has 5 rings (SSSR count). The van der Waals surface area contributed by atoms with E-state index in [2.05, 4.69) is 31.2 Å². The number of nitrogens with zero attached hydrogens (tertiary/aromatic N) is 4. The molecule has 67 heavy (non-hydrogen) atoms. The summed E-state index contributed by atoms with van der Waals surface area (Å²) in [5, 5.41) is 16.4. The fraction of sp³-hybridized carbons (Fsp3) is 0.440. The van der Waals surface area contributed by atoms with Crippen molar-refractivity contribution in [2.75, 3.05) is 39.9 Å². The van der Waals surface area contributed by atoms with E-state index in [4.69, 9.17) is 26.7 Å². The number of carbonyl (C=O) groups excluding carboxylic acids is 5. The summed E-state index contributed by atoms with van der Waals surface area (Å²) < 4.78 is 13.5. The summed E-state index contributed by atoms with van der Waals surface area (Å²) in [6.45, 7) is 10.1. The zero-order valence-corrected chi connectivity index (χ0v) is 40.2. The standard InChI is InChI=1S/C50H62N8O8.H2S/c1-30-24-43(61)46(57(6)49(64)34(17-19-52)28-42(60)39-29-55-58(48(63)31(39)2)36-13-11-35(12-14-36)50(3,4)5)33-10-16-45(66-23-21-54)38(27-33)37-25-32(9-15-44(37)65-22-20-53)26-40(56-47(30)62)41(59)8-7-18-51;/h9-16,25,27,29-30,34,40,46H,7-8,17,19-24,26,28,52-54H2,1-6H3,(H,56,62);1H2/t30-,34-,40+,46+;/m1./s1. The lowest BCUT2D eigenvalue weighted by Crippen LogP contribution is -2.46. The van der Waals surface area contributed by atoms with Crippen LogP contribution >= 0.6 is 13.5 Å². The average Bonchev–Trinajstić information content (AvgIpc) is 3.29. The summed E-state index contributed by atoms with van der Waals surface area (Å²) in [5.74, 6) is -3.61. The molecule has 4 atom stereocenters. The Morgan fingerprint density at radius 1 is 0.925 bits per heavy atom. The summed E-state index contributed by atoms with van der Waals surface area (Å²) in [6.07, 6.45) is 0.689. The molecule has 0 saturated heterocycles. The zero-order valence-electron chi connectivity index (χ0n) is 39.2. The van der Waals surface area contributed by atoms with E-state index in [9.17, 15) is 34.0 Å². The maximum atomic E-state index is 14.8. The molecule has 17 heteroatoms. The van der Waals surface area contributed by atoms with Crippen molar-refractivity contribution in [1.29, 1.82) is 5.26 Å². The maximum Gasteiger partial charge on any atom is 0.275 e. The number of nitrogens with one attached hydrogen (secondary N) is 1. The van der Waals surface area contributed by atoms with E-state index in [0.717, 1.165) is 5.56 Å². The third-order valence-corrected chi connectivity index (χ3v) is 11.8. The third kappa shape index (κ3) is 13.0. The predicted octanol–water partition coefficient (Wildman–Crippen LogP) is 4.54. The van der Waals surface area contributed by atoms with Crippen LogP contribution in [-0.2, 0) is 31.0 Å². The average molecular weight is 937 g/mol. The number of likely N-dealkylation sites (N-methyl/N-ethyl adjacent to an activating group) is 1. The van der Waals surface area contributed by atoms with Crippen LogP contribution in [0, 0.1) is 30.1 Å². The van der Waals surface area contributed by atoms with Gasteiger partial charge in [0.1, 0.15) is 30.8 Å². The Kier molecular flexibility index (Phi) is 19.1. The van der Waals surface area contributed by atoms with Crippen LogP contribution < -0.4 is 37.6 Å². The molecule has 0 saturated carbocycles. The molecule has 2 heterocycles. The second-order valence-electron chi connectivity index (χ2n) is 17.8. The Morgan fingerprint density at radius 3 is 2.15 bits per heavy atom. The van der Waals surface area contributed by atoms with Gasteiger partial charge in [-0.1, -0.05) is 52.0 Å². The minimum Gasteiger partial charge on any atom is -0.492 e. The molecule has 0 radical (unpaired) electrons. The van der Waals surface area contributed by atoms with Gasteiger partial charge in [-0.25, -0.2) is 0 Å². The molecule has 1 aromatic heterocycles. The molecule has 4 bridgehead atoms. The number of rotatable bonds is 17. The normalized spacial score (nSPS) is 16.6. The van der Waals surface area contributed by atoms with Crippen molar-refractivity contribution in [3.63, 3.8) is 0 Å². The molecule has 16 nitrogen and oxygen atoms in total. The molecule has 1 aliphatic heterocycles. The Balaban J connectivity index is 0.00000980. The van der Waals surface area contributed by atoms with E-state index in [0.29, 0.717) is 39.4 Å². The number of aromatic nitrogens is 2. The minimum absolute atomic E-state index is 0. The Hall–Kier alpha value is -6.19. The first kappa shape index (κ1) is 53.4. The monoisotopic (exact) mass is 936 g/mol. The van der Waals surface area contributed by atoms with Gasteiger partial charge in [0.05, 0.1) is 24.0 Å². The number of carbonyl (C=O) groups is 5. The van der Waals surface area contributed by atoms with Crippen LogP contribution in [0.4, 0.5) is 0 Å². The number of fused-ring (bicyclic) bond motifs is 5. The van der Waals surface area contributed by atoms with Gasteiger partial charge in [-0.2, -0.15) is 28.5 Å². The van der Waals surface area contributed by atoms with E-state index in [1.54, 1.807) is 62.4 Å². The van der Waals surface area contributed by atoms with E-state index in [1.165, 1.54) is 22.8 Å². The molecule has 0 spiro atoms. The number of ketones is 3. The summed E-state index contributed by atoms with van der Waals surface area (Å²) in [7, 11) is 1.46. The third-order valence-electron chi connectivity index (χ3n) is 11.8. The number of nitriles is 1. The lowest BCUT2D eigenvalue weighted by Gasteiger charge is -2.32. The van der Waals surface area contributed by atoms with E-state index in [-0.39, 0.29) is 107 Å². The molecule has 3 aromatic carbocycles. The van der Waals surface area contributed by atoms with Crippen molar-refractivity contribution in [2.45, 2.75) is 90.6 Å². The zero-order chi connectivity index (χ0) is 48.3. The summed E-state index contributed by atoms with van der Waals surface area (Å²) in [6, 6.07) is 17.5. The second-order valence-corrected chi connectivity index (χ2v) is 17.8. The van der Waals surface area contributed by atoms with Crippen molar-refractivity contribution in [1.82, 2.24) is 20.0 Å². The van der Waals surface area contributed by atoms with Gasteiger partial charge in [-0.15, -0.1) is 0 Å². The van der Waals surface area contributed by atoms with Crippen molar-refractivity contribution < 1.29 is 33.4 Å². The van der Waals surface area contributed by atoms with Crippen LogP contribution in [0.25, 0.3) is 16.8 Å². The van der Waals surface area contributed by atoms with Gasteiger partial charge in [0, 0.05) is 79.9 Å². The highest BCUT2D eigenvalue weighted by Crippen LogP contribution is 2.41. The van der Waals surface area contributed by atoms with Crippen LogP contribution in [0.2, 0.25) is 0 Å². The first-order chi connectivity index (χ1) is 31.4. The highest BCUT2D eigenvalue weighted by Gasteiger charge is 2.36. The molecular weight excluding hydrogens is 873 g/mol. The highest BCUT2D eigenvalue weighted by molar-refractivity contribution is 7.59. The van der Waals surface area contributed by atoms with Crippen LogP contribution in [-0.4, -0.2) is 89.8 Å². The molecule has 4 aromatic rings. The molecule has 358 valence electrons. The smallest absolute Gasteiger partial charge is 0.275 e. The quantitative estimate of drug-likeness (QED) is 0.106. The Morgan fingerprint density at radius 2 is 1.55 bits per heavy atom. The highest BCUT2D eigenvalue weighted by atomic mass is 32.1. The summed E-state index contributed by atoms with van der Waals surface area (Å²) in [5.41, 5.74) is 21.0. The van der Waals surface area contributed by atoms with E-state index < -0.39 is 52.9 Å².